The third kappa shape index (κ3) is 3.78. The summed E-state index contributed by atoms with van der Waals surface area (Å²) < 4.78 is 41.1. The first-order valence-electron chi connectivity index (χ1n) is 8.53. The van der Waals surface area contributed by atoms with Gasteiger partial charge in [-0.3, -0.25) is 4.79 Å². The van der Waals surface area contributed by atoms with E-state index in [0.29, 0.717) is 12.8 Å². The number of carbonyl (C=O) groups excluding carboxylic acids is 1. The average Bonchev–Trinajstić information content (AvgIpc) is 2.64. The van der Waals surface area contributed by atoms with Crippen LogP contribution in [0.2, 0.25) is 0 Å². The number of amides is 1. The molecule has 1 heterocycles. The van der Waals surface area contributed by atoms with Crippen molar-refractivity contribution in [2.45, 2.75) is 37.1 Å². The number of piperidine rings is 1. The summed E-state index contributed by atoms with van der Waals surface area (Å²) in [6, 6.07) is 11.7. The summed E-state index contributed by atoms with van der Waals surface area (Å²) in [4.78, 5) is 12.9. The molecule has 0 spiro atoms. The van der Waals surface area contributed by atoms with Gasteiger partial charge in [0, 0.05) is 6.54 Å². The van der Waals surface area contributed by atoms with Crippen LogP contribution in [0, 0.1) is 12.7 Å². The summed E-state index contributed by atoms with van der Waals surface area (Å²) in [6.45, 7) is 2.02. The van der Waals surface area contributed by atoms with Crippen molar-refractivity contribution in [3.05, 3.63) is 59.9 Å². The number of hydrogen-bond donors (Lipinski definition) is 1. The minimum absolute atomic E-state index is 0.0585. The summed E-state index contributed by atoms with van der Waals surface area (Å²) in [5.41, 5.74) is 0.801. The van der Waals surface area contributed by atoms with Gasteiger partial charge in [0.15, 0.2) is 0 Å². The van der Waals surface area contributed by atoms with E-state index in [9.17, 15) is 17.6 Å². The average molecular weight is 376 g/mol. The Morgan fingerprint density at radius 1 is 1.15 bits per heavy atom. The molecule has 3 rings (SSSR count). The Morgan fingerprint density at radius 3 is 2.58 bits per heavy atom. The maximum absolute atomic E-state index is 14.0. The predicted molar refractivity (Wildman–Crippen MR) is 97.7 cm³/mol. The van der Waals surface area contributed by atoms with Crippen LogP contribution in [-0.4, -0.2) is 31.2 Å². The highest BCUT2D eigenvalue weighted by molar-refractivity contribution is 7.89. The van der Waals surface area contributed by atoms with Crippen LogP contribution in [0.4, 0.5) is 10.1 Å². The molecule has 0 aliphatic carbocycles. The highest BCUT2D eigenvalue weighted by Gasteiger charge is 2.37. The monoisotopic (exact) mass is 376 g/mol. The number of benzene rings is 2. The maximum atomic E-state index is 14.0. The van der Waals surface area contributed by atoms with Gasteiger partial charge in [-0.25, -0.2) is 12.8 Å². The van der Waals surface area contributed by atoms with Crippen LogP contribution < -0.4 is 5.32 Å². The third-order valence-electron chi connectivity index (χ3n) is 4.49. The van der Waals surface area contributed by atoms with Gasteiger partial charge >= 0.3 is 0 Å². The van der Waals surface area contributed by atoms with Crippen molar-refractivity contribution in [2.24, 2.45) is 0 Å². The highest BCUT2D eigenvalue weighted by atomic mass is 32.2. The lowest BCUT2D eigenvalue weighted by molar-refractivity contribution is -0.120. The van der Waals surface area contributed by atoms with E-state index in [1.807, 2.05) is 0 Å². The Hall–Kier alpha value is -2.25. The summed E-state index contributed by atoms with van der Waals surface area (Å²) in [5, 5.41) is 2.54. The second-order valence-corrected chi connectivity index (χ2v) is 8.30. The third-order valence-corrected chi connectivity index (χ3v) is 6.41. The van der Waals surface area contributed by atoms with Crippen molar-refractivity contribution >= 4 is 21.6 Å². The number of hydrogen-bond acceptors (Lipinski definition) is 3. The molecule has 2 aromatic carbocycles. The fraction of sp³-hybridized carbons (Fsp3) is 0.316. The lowest BCUT2D eigenvalue weighted by Gasteiger charge is -2.33. The predicted octanol–water partition coefficient (Wildman–Crippen LogP) is 3.32. The van der Waals surface area contributed by atoms with Crippen molar-refractivity contribution < 1.29 is 17.6 Å². The largest absolute Gasteiger partial charge is 0.322 e. The van der Waals surface area contributed by atoms with Crippen molar-refractivity contribution in [1.29, 1.82) is 0 Å². The number of sulfonamides is 1. The maximum Gasteiger partial charge on any atom is 0.243 e. The topological polar surface area (TPSA) is 66.5 Å². The van der Waals surface area contributed by atoms with Gasteiger partial charge in [-0.15, -0.1) is 0 Å². The molecule has 26 heavy (non-hydrogen) atoms. The van der Waals surface area contributed by atoms with E-state index in [0.717, 1.165) is 12.0 Å². The van der Waals surface area contributed by atoms with Crippen molar-refractivity contribution in [3.63, 3.8) is 0 Å². The highest BCUT2D eigenvalue weighted by Crippen LogP contribution is 2.26. The Morgan fingerprint density at radius 2 is 1.88 bits per heavy atom. The SMILES string of the molecule is Cc1ccc(NC(=O)C2CCCCN2S(=O)(=O)c2ccccc2)c(F)c1. The molecule has 1 N–H and O–H groups in total. The van der Waals surface area contributed by atoms with Crippen molar-refractivity contribution in [3.8, 4) is 0 Å². The number of halogens is 1. The lowest BCUT2D eigenvalue weighted by atomic mass is 10.0. The minimum atomic E-state index is -3.79. The van der Waals surface area contributed by atoms with E-state index in [1.165, 1.54) is 28.6 Å². The number of anilines is 1. The summed E-state index contributed by atoms with van der Waals surface area (Å²) >= 11 is 0. The first kappa shape index (κ1) is 18.5. The minimum Gasteiger partial charge on any atom is -0.322 e. The number of carbonyl (C=O) groups is 1. The van der Waals surface area contributed by atoms with Crippen molar-refractivity contribution in [2.75, 3.05) is 11.9 Å². The molecule has 1 aliphatic heterocycles. The van der Waals surface area contributed by atoms with Gasteiger partial charge in [0.05, 0.1) is 10.6 Å². The van der Waals surface area contributed by atoms with Crippen molar-refractivity contribution in [1.82, 2.24) is 4.31 Å². The second-order valence-electron chi connectivity index (χ2n) is 6.41. The zero-order valence-electron chi connectivity index (χ0n) is 14.5. The molecule has 138 valence electrons. The smallest absolute Gasteiger partial charge is 0.243 e. The molecule has 1 amide bonds. The van der Waals surface area contributed by atoms with E-state index in [-0.39, 0.29) is 17.1 Å². The zero-order valence-corrected chi connectivity index (χ0v) is 15.3. The second kappa shape index (κ2) is 7.55. The molecule has 2 aromatic rings. The molecule has 5 nitrogen and oxygen atoms in total. The molecule has 1 saturated heterocycles. The van der Waals surface area contributed by atoms with E-state index in [4.69, 9.17) is 0 Å². The van der Waals surface area contributed by atoms with Crippen LogP contribution in [0.3, 0.4) is 0 Å². The van der Waals surface area contributed by atoms with Crippen LogP contribution in [0.15, 0.2) is 53.4 Å². The summed E-state index contributed by atoms with van der Waals surface area (Å²) in [6.07, 6.45) is 1.84. The first-order chi connectivity index (χ1) is 12.4. The molecule has 1 unspecified atom stereocenters. The Labute approximate surface area is 152 Å². The zero-order chi connectivity index (χ0) is 18.7. The molecular weight excluding hydrogens is 355 g/mol. The van der Waals surface area contributed by atoms with Crippen LogP contribution >= 0.6 is 0 Å². The van der Waals surface area contributed by atoms with Gasteiger partial charge in [-0.05, 0) is 49.6 Å². The van der Waals surface area contributed by atoms with E-state index in [2.05, 4.69) is 5.32 Å². The quantitative estimate of drug-likeness (QED) is 0.890. The van der Waals surface area contributed by atoms with Gasteiger partial charge < -0.3 is 5.32 Å². The Balaban J connectivity index is 1.86. The van der Waals surface area contributed by atoms with Gasteiger partial charge in [-0.2, -0.15) is 4.31 Å². The molecule has 1 aliphatic rings. The number of aryl methyl sites for hydroxylation is 1. The van der Waals surface area contributed by atoms with Crippen LogP contribution in [0.1, 0.15) is 24.8 Å². The van der Waals surface area contributed by atoms with E-state index >= 15 is 0 Å². The van der Waals surface area contributed by atoms with Crippen LogP contribution in [-0.2, 0) is 14.8 Å². The molecule has 0 bridgehead atoms. The Bertz CT molecular complexity index is 900. The molecule has 7 heteroatoms. The number of nitrogens with zero attached hydrogens (tertiary/aromatic N) is 1. The Kier molecular flexibility index (Phi) is 5.38. The summed E-state index contributed by atoms with van der Waals surface area (Å²) in [5.74, 6) is -1.04. The number of rotatable bonds is 4. The van der Waals surface area contributed by atoms with E-state index < -0.39 is 27.8 Å². The molecule has 1 fully saturated rings. The molecule has 0 radical (unpaired) electrons. The molecular formula is C19H21FN2O3S. The normalized spacial score (nSPS) is 18.5. The lowest BCUT2D eigenvalue weighted by Crippen LogP contribution is -2.49. The van der Waals surface area contributed by atoms with Gasteiger partial charge in [-0.1, -0.05) is 30.7 Å². The van der Waals surface area contributed by atoms with Crippen LogP contribution in [0.5, 0.6) is 0 Å². The van der Waals surface area contributed by atoms with Gasteiger partial charge in [0.1, 0.15) is 11.9 Å². The molecule has 0 aromatic heterocycles. The first-order valence-corrected chi connectivity index (χ1v) is 9.97. The fourth-order valence-electron chi connectivity index (χ4n) is 3.12. The molecule has 0 saturated carbocycles. The number of nitrogens with one attached hydrogen (secondary N) is 1. The summed E-state index contributed by atoms with van der Waals surface area (Å²) in [7, 11) is -3.79. The fourth-order valence-corrected chi connectivity index (χ4v) is 4.80. The van der Waals surface area contributed by atoms with Crippen LogP contribution in [0.25, 0.3) is 0 Å². The van der Waals surface area contributed by atoms with Gasteiger partial charge in [0.2, 0.25) is 15.9 Å². The van der Waals surface area contributed by atoms with Gasteiger partial charge in [0.25, 0.3) is 0 Å². The standard InChI is InChI=1S/C19H21FN2O3S/c1-14-10-11-17(16(20)13-14)21-19(23)18-9-5-6-12-22(18)26(24,25)15-7-3-2-4-8-15/h2-4,7-8,10-11,13,18H,5-6,9,12H2,1H3,(H,21,23). The molecule has 1 atom stereocenters. The van der Waals surface area contributed by atoms with E-state index in [1.54, 1.807) is 31.2 Å².